The molecule has 41 heavy (non-hydrogen) atoms. The van der Waals surface area contributed by atoms with Gasteiger partial charge < -0.3 is 4.74 Å². The van der Waals surface area contributed by atoms with Crippen molar-refractivity contribution in [2.75, 3.05) is 0 Å². The monoisotopic (exact) mass is 553 g/mol. The topological polar surface area (TPSA) is 63.7 Å². The maximum atomic E-state index is 14.2. The van der Waals surface area contributed by atoms with Crippen molar-refractivity contribution in [3.63, 3.8) is 0 Å². The van der Waals surface area contributed by atoms with Gasteiger partial charge in [0.15, 0.2) is 5.78 Å². The Hall–Kier alpha value is -3.21. The van der Waals surface area contributed by atoms with Crippen LogP contribution in [0, 0.1) is 34.5 Å². The molecule has 1 unspecified atom stereocenters. The van der Waals surface area contributed by atoms with E-state index < -0.39 is 0 Å². The molecule has 0 aliphatic heterocycles. The van der Waals surface area contributed by atoms with Crippen LogP contribution in [0.5, 0.6) is 0 Å². The Labute approximate surface area is 244 Å². The van der Waals surface area contributed by atoms with E-state index in [9.17, 15) is 14.4 Å². The number of carbonyl (C=O) groups excluding carboxylic acids is 3. The standard InChI is InChI=1S/C36H43NO4/c1-24(38)30-16-17-31-29-15-14-27-20-28(39)18-19-35(27,2)33(29)32(21-36(30,31)3)41-34(40)37(22-25-10-6-4-7-11-25)23-26-12-8-5-9-13-26/h4-13,20,29-33H,14-19,21-23H2,1-3H3/t29-,30+,31-,32?,33+,35-,36+/m0/s1. The molecule has 1 amide bonds. The highest BCUT2D eigenvalue weighted by molar-refractivity contribution is 5.91. The maximum absolute atomic E-state index is 14.2. The highest BCUT2D eigenvalue weighted by Crippen LogP contribution is 2.67. The second-order valence-corrected chi connectivity index (χ2v) is 13.6. The summed E-state index contributed by atoms with van der Waals surface area (Å²) < 4.78 is 6.67. The zero-order chi connectivity index (χ0) is 28.8. The third-order valence-electron chi connectivity index (χ3n) is 11.3. The van der Waals surface area contributed by atoms with Gasteiger partial charge in [-0.3, -0.25) is 14.5 Å². The largest absolute Gasteiger partial charge is 0.446 e. The first-order valence-corrected chi connectivity index (χ1v) is 15.5. The fraction of sp³-hybridized carbons (Fsp3) is 0.528. The van der Waals surface area contributed by atoms with E-state index in [0.717, 1.165) is 43.2 Å². The first-order valence-electron chi connectivity index (χ1n) is 15.5. The van der Waals surface area contributed by atoms with Crippen LogP contribution in [0.25, 0.3) is 0 Å². The van der Waals surface area contributed by atoms with Gasteiger partial charge in [-0.1, -0.05) is 80.1 Å². The number of rotatable bonds is 6. The van der Waals surface area contributed by atoms with Crippen LogP contribution >= 0.6 is 0 Å². The summed E-state index contributed by atoms with van der Waals surface area (Å²) in [5.74, 6) is 1.47. The SMILES string of the molecule is CC(=O)[C@H]1CC[C@H]2[C@@H]3CCC4=CC(=O)CC[C@]4(C)[C@H]3C(OC(=O)N(Cc3ccccc3)Cc3ccccc3)C[C@]12C. The highest BCUT2D eigenvalue weighted by atomic mass is 16.6. The van der Waals surface area contributed by atoms with Crippen LogP contribution in [0.2, 0.25) is 0 Å². The molecule has 0 bridgehead atoms. The van der Waals surface area contributed by atoms with Crippen molar-refractivity contribution in [3.8, 4) is 0 Å². The molecule has 6 rings (SSSR count). The predicted molar refractivity (Wildman–Crippen MR) is 159 cm³/mol. The Bertz CT molecular complexity index is 1290. The number of nitrogens with zero attached hydrogens (tertiary/aromatic N) is 1. The molecule has 0 spiro atoms. The number of ether oxygens (including phenoxy) is 1. The fourth-order valence-electron chi connectivity index (χ4n) is 9.43. The van der Waals surface area contributed by atoms with E-state index in [1.807, 2.05) is 71.6 Å². The molecule has 5 nitrogen and oxygen atoms in total. The third kappa shape index (κ3) is 5.06. The molecule has 2 aromatic carbocycles. The molecule has 4 aliphatic rings. The predicted octanol–water partition coefficient (Wildman–Crippen LogP) is 7.54. The number of fused-ring (bicyclic) bond motifs is 5. The van der Waals surface area contributed by atoms with Crippen LogP contribution in [0.15, 0.2) is 72.3 Å². The number of hydrogen-bond donors (Lipinski definition) is 0. The molecule has 0 radical (unpaired) electrons. The molecule has 2 aromatic rings. The van der Waals surface area contributed by atoms with E-state index >= 15 is 0 Å². The Morgan fingerprint density at radius 2 is 1.54 bits per heavy atom. The summed E-state index contributed by atoms with van der Waals surface area (Å²) in [5, 5.41) is 0. The van der Waals surface area contributed by atoms with Crippen molar-refractivity contribution >= 4 is 17.7 Å². The van der Waals surface area contributed by atoms with Crippen molar-refractivity contribution in [1.82, 2.24) is 4.90 Å². The van der Waals surface area contributed by atoms with Gasteiger partial charge in [0.1, 0.15) is 11.9 Å². The Morgan fingerprint density at radius 3 is 2.15 bits per heavy atom. The van der Waals surface area contributed by atoms with Crippen molar-refractivity contribution < 1.29 is 19.1 Å². The van der Waals surface area contributed by atoms with Crippen LogP contribution in [0.1, 0.15) is 76.8 Å². The normalized spacial score (nSPS) is 34.1. The lowest BCUT2D eigenvalue weighted by Crippen LogP contribution is -2.58. The number of ketones is 2. The summed E-state index contributed by atoms with van der Waals surface area (Å²) in [7, 11) is 0. The second-order valence-electron chi connectivity index (χ2n) is 13.6. The van der Waals surface area contributed by atoms with Gasteiger partial charge in [-0.2, -0.15) is 0 Å². The lowest BCUT2D eigenvalue weighted by atomic mass is 9.46. The maximum Gasteiger partial charge on any atom is 0.410 e. The second kappa shape index (κ2) is 10.9. The average Bonchev–Trinajstić information content (AvgIpc) is 3.31. The van der Waals surface area contributed by atoms with Crippen LogP contribution in [-0.4, -0.2) is 28.7 Å². The fourth-order valence-corrected chi connectivity index (χ4v) is 9.43. The van der Waals surface area contributed by atoms with E-state index in [0.29, 0.717) is 37.8 Å². The van der Waals surface area contributed by atoms with Crippen molar-refractivity contribution in [3.05, 3.63) is 83.4 Å². The van der Waals surface area contributed by atoms with Gasteiger partial charge in [-0.05, 0) is 85.3 Å². The van der Waals surface area contributed by atoms with Gasteiger partial charge in [0.2, 0.25) is 0 Å². The zero-order valence-corrected chi connectivity index (χ0v) is 24.7. The molecule has 5 heteroatoms. The first-order chi connectivity index (χ1) is 19.7. The molecule has 3 saturated carbocycles. The van der Waals surface area contributed by atoms with E-state index in [1.54, 1.807) is 6.92 Å². The lowest BCUT2D eigenvalue weighted by molar-refractivity contribution is -0.146. The van der Waals surface area contributed by atoms with E-state index in [1.165, 1.54) is 5.57 Å². The molecule has 0 saturated heterocycles. The highest BCUT2D eigenvalue weighted by Gasteiger charge is 2.63. The summed E-state index contributed by atoms with van der Waals surface area (Å²) >= 11 is 0. The molecular weight excluding hydrogens is 510 g/mol. The van der Waals surface area contributed by atoms with Gasteiger partial charge in [0.05, 0.1) is 0 Å². The summed E-state index contributed by atoms with van der Waals surface area (Å²) in [6.45, 7) is 7.26. The van der Waals surface area contributed by atoms with Gasteiger partial charge in [-0.15, -0.1) is 0 Å². The molecular formula is C36H43NO4. The average molecular weight is 554 g/mol. The quantitative estimate of drug-likeness (QED) is 0.371. The minimum absolute atomic E-state index is 0.0112. The van der Waals surface area contributed by atoms with Gasteiger partial charge in [0.25, 0.3) is 0 Å². The van der Waals surface area contributed by atoms with Crippen molar-refractivity contribution in [2.45, 2.75) is 84.9 Å². The van der Waals surface area contributed by atoms with Gasteiger partial charge >= 0.3 is 6.09 Å². The van der Waals surface area contributed by atoms with Gasteiger partial charge in [-0.25, -0.2) is 4.79 Å². The van der Waals surface area contributed by atoms with E-state index in [2.05, 4.69) is 13.8 Å². The number of carbonyl (C=O) groups is 3. The van der Waals surface area contributed by atoms with Crippen LogP contribution in [-0.2, 0) is 27.4 Å². The Balaban J connectivity index is 1.35. The lowest BCUT2D eigenvalue weighted by Gasteiger charge is -2.60. The molecule has 3 fully saturated rings. The number of benzene rings is 2. The number of allylic oxidation sites excluding steroid dienone is 1. The molecule has 216 valence electrons. The number of amides is 1. The molecule has 0 N–H and O–H groups in total. The van der Waals surface area contributed by atoms with Crippen molar-refractivity contribution in [2.24, 2.45) is 34.5 Å². The molecule has 4 aliphatic carbocycles. The minimum atomic E-state index is -0.301. The zero-order valence-electron chi connectivity index (χ0n) is 24.7. The molecule has 7 atom stereocenters. The Morgan fingerprint density at radius 1 is 0.902 bits per heavy atom. The first kappa shape index (κ1) is 27.9. The summed E-state index contributed by atoms with van der Waals surface area (Å²) in [4.78, 5) is 41.3. The van der Waals surface area contributed by atoms with Crippen LogP contribution in [0.3, 0.4) is 0 Å². The number of hydrogen-bond acceptors (Lipinski definition) is 4. The van der Waals surface area contributed by atoms with Crippen LogP contribution in [0.4, 0.5) is 4.79 Å². The Kier molecular flexibility index (Phi) is 7.42. The summed E-state index contributed by atoms with van der Waals surface area (Å²) in [6.07, 6.45) is 7.27. The smallest absolute Gasteiger partial charge is 0.410 e. The van der Waals surface area contributed by atoms with Crippen LogP contribution < -0.4 is 0 Å². The van der Waals surface area contributed by atoms with Gasteiger partial charge in [0, 0.05) is 31.3 Å². The summed E-state index contributed by atoms with van der Waals surface area (Å²) in [5.41, 5.74) is 3.01. The third-order valence-corrected chi connectivity index (χ3v) is 11.3. The summed E-state index contributed by atoms with van der Waals surface area (Å²) in [6, 6.07) is 20.1. The molecule has 0 aromatic heterocycles. The van der Waals surface area contributed by atoms with E-state index in [-0.39, 0.29) is 46.4 Å². The van der Waals surface area contributed by atoms with E-state index in [4.69, 9.17) is 4.74 Å². The number of Topliss-reactive ketones (excluding diaryl/α,β-unsaturated/α-hetero) is 1. The van der Waals surface area contributed by atoms with Crippen molar-refractivity contribution in [1.29, 1.82) is 0 Å². The minimum Gasteiger partial charge on any atom is -0.446 e. The molecule has 0 heterocycles.